The Hall–Kier alpha value is -3.78. The van der Waals surface area contributed by atoms with E-state index in [-0.39, 0.29) is 22.7 Å². The molecule has 4 unspecified atom stereocenters. The van der Waals surface area contributed by atoms with E-state index >= 15 is 0 Å². The van der Waals surface area contributed by atoms with Crippen molar-refractivity contribution < 1.29 is 79.2 Å². The van der Waals surface area contributed by atoms with E-state index in [9.17, 15) is 56.6 Å². The monoisotopic (exact) mass is 790 g/mol. The number of aromatic nitrogens is 3. The molecular weight excluding hydrogens is 768 g/mol. The van der Waals surface area contributed by atoms with Crippen molar-refractivity contribution in [1.29, 1.82) is 0 Å². The first-order valence-electron chi connectivity index (χ1n) is 14.5. The van der Waals surface area contributed by atoms with Gasteiger partial charge in [0.2, 0.25) is 0 Å². The van der Waals surface area contributed by atoms with Gasteiger partial charge >= 0.3 is 19.7 Å². The fourth-order valence-corrected chi connectivity index (χ4v) is 8.21. The van der Waals surface area contributed by atoms with Gasteiger partial charge in [0.1, 0.15) is 24.0 Å². The number of ether oxygens (including phenoxy) is 1. The number of hydrogen-bond donors (Lipinski definition) is 2. The van der Waals surface area contributed by atoms with Gasteiger partial charge in [-0.1, -0.05) is 42.5 Å². The van der Waals surface area contributed by atoms with Crippen molar-refractivity contribution in [1.82, 2.24) is 14.0 Å². The lowest BCUT2D eigenvalue weighted by Gasteiger charge is -2.33. The minimum atomic E-state index is -6.30. The Kier molecular flexibility index (Phi) is 10.4. The van der Waals surface area contributed by atoms with Crippen LogP contribution in [0.1, 0.15) is 11.8 Å². The number of imidazole rings is 1. The molecule has 1 fully saturated rings. The number of fused-ring (bicyclic) bond motifs is 2. The Balaban J connectivity index is 1.08. The molecule has 5 aromatic rings. The molecule has 6 rings (SSSR count). The van der Waals surface area contributed by atoms with E-state index in [1.54, 1.807) is 24.3 Å². The number of halogens is 3. The molecule has 52 heavy (non-hydrogen) atoms. The van der Waals surface area contributed by atoms with Crippen LogP contribution in [0.25, 0.3) is 27.7 Å². The second-order valence-corrected chi connectivity index (χ2v) is 15.3. The lowest BCUT2D eigenvalue weighted by Crippen LogP contribution is -2.37. The third-order valence-corrected chi connectivity index (χ3v) is 11.3. The minimum Gasteiger partial charge on any atom is -0.756 e. The van der Waals surface area contributed by atoms with Gasteiger partial charge in [-0.05, 0) is 41.1 Å². The summed E-state index contributed by atoms with van der Waals surface area (Å²) < 4.78 is 99.0. The Morgan fingerprint density at radius 1 is 0.865 bits per heavy atom. The number of phosphoric acid groups is 3. The zero-order valence-corrected chi connectivity index (χ0v) is 28.3. The molecule has 0 aliphatic carbocycles. The molecule has 0 bridgehead atoms. The van der Waals surface area contributed by atoms with Gasteiger partial charge in [-0.2, -0.15) is 13.2 Å². The van der Waals surface area contributed by atoms with Crippen molar-refractivity contribution in [3.63, 3.8) is 0 Å². The van der Waals surface area contributed by atoms with Gasteiger partial charge in [0, 0.05) is 18.0 Å². The number of alkyl halides is 3. The molecule has 2 N–H and O–H groups in total. The zero-order chi connectivity index (χ0) is 37.6. The van der Waals surface area contributed by atoms with E-state index in [1.807, 2.05) is 0 Å². The molecule has 1 aliphatic heterocycles. The lowest BCUT2D eigenvalue weighted by atomic mass is 10.1. The van der Waals surface area contributed by atoms with Crippen molar-refractivity contribution in [2.45, 2.75) is 30.7 Å². The maximum atomic E-state index is 13.3. The highest BCUT2D eigenvalue weighted by molar-refractivity contribution is 7.65. The Morgan fingerprint density at radius 3 is 2.31 bits per heavy atom. The Bertz CT molecular complexity index is 2340. The molecule has 0 saturated carbocycles. The first-order valence-corrected chi connectivity index (χ1v) is 18.8. The normalized spacial score (nSPS) is 22.9. The largest absolute Gasteiger partial charge is 0.756 e. The molecule has 3 heterocycles. The van der Waals surface area contributed by atoms with Crippen molar-refractivity contribution in [3.05, 3.63) is 101 Å². The summed E-state index contributed by atoms with van der Waals surface area (Å²) in [6.07, 6.45) is -9.77. The van der Waals surface area contributed by atoms with Crippen molar-refractivity contribution in [3.8, 4) is 17.0 Å². The van der Waals surface area contributed by atoms with Crippen LogP contribution in [0.15, 0.2) is 90.0 Å². The van der Waals surface area contributed by atoms with Crippen molar-refractivity contribution >= 4 is 39.9 Å². The van der Waals surface area contributed by atoms with Crippen LogP contribution in [-0.4, -0.2) is 49.1 Å². The Labute approximate surface area is 288 Å². The maximum absolute atomic E-state index is 13.3. The highest BCUT2D eigenvalue weighted by atomic mass is 31.3. The Morgan fingerprint density at radius 2 is 1.58 bits per heavy atom. The van der Waals surface area contributed by atoms with Gasteiger partial charge in [0.05, 0.1) is 17.9 Å². The van der Waals surface area contributed by atoms with Crippen LogP contribution in [0.5, 0.6) is 5.75 Å². The van der Waals surface area contributed by atoms with Gasteiger partial charge in [-0.15, -0.1) is 4.67 Å². The summed E-state index contributed by atoms with van der Waals surface area (Å²) in [5.41, 5.74) is -1.89. The first kappa shape index (κ1) is 38.0. The minimum absolute atomic E-state index is 0.0106. The third kappa shape index (κ3) is 8.54. The van der Waals surface area contributed by atoms with Crippen LogP contribution in [-0.2, 0) is 42.4 Å². The predicted molar refractivity (Wildman–Crippen MR) is 162 cm³/mol. The lowest BCUT2D eigenvalue weighted by molar-refractivity contribution is -0.276. The van der Waals surface area contributed by atoms with E-state index in [0.717, 1.165) is 44.9 Å². The smallest absolute Gasteiger partial charge is 0.416 e. The molecule has 7 atom stereocenters. The quantitative estimate of drug-likeness (QED) is 0.105. The number of benzene rings is 3. The van der Waals surface area contributed by atoms with Crippen molar-refractivity contribution in [2.75, 3.05) is 6.61 Å². The molecule has 0 radical (unpaired) electrons. The summed E-state index contributed by atoms with van der Waals surface area (Å²) >= 11 is 0. The van der Waals surface area contributed by atoms with Crippen LogP contribution >= 0.6 is 23.5 Å². The number of aliphatic hydroxyl groups is 2. The summed E-state index contributed by atoms with van der Waals surface area (Å²) in [4.78, 5) is 58.4. The molecule has 3 aromatic carbocycles. The van der Waals surface area contributed by atoms with E-state index in [0.29, 0.717) is 5.39 Å². The number of phosphoric ester groups is 1. The molecule has 278 valence electrons. The molecule has 2 aromatic heterocycles. The van der Waals surface area contributed by atoms with E-state index in [4.69, 9.17) is 4.74 Å². The molecule has 0 spiro atoms. The number of hydrogen-bond acceptors (Lipinski definition) is 16. The molecule has 24 heteroatoms. The van der Waals surface area contributed by atoms with Crippen LogP contribution in [0.3, 0.4) is 0 Å². The van der Waals surface area contributed by atoms with Gasteiger partial charge < -0.3 is 39.0 Å². The molecule has 1 aliphatic rings. The average Bonchev–Trinajstić information content (AvgIpc) is 3.63. The maximum Gasteiger partial charge on any atom is 0.416 e. The van der Waals surface area contributed by atoms with E-state index < -0.39 is 72.0 Å². The second-order valence-electron chi connectivity index (χ2n) is 11.0. The second kappa shape index (κ2) is 14.2. The molecular formula is C28H22F3N3O15P3-3. The highest BCUT2D eigenvalue weighted by Crippen LogP contribution is 2.63. The summed E-state index contributed by atoms with van der Waals surface area (Å²) in [6.45, 7) is -1.23. The van der Waals surface area contributed by atoms with Crippen LogP contribution in [0, 0.1) is 0 Å². The molecule has 18 nitrogen and oxygen atoms in total. The SMILES string of the molecule is O=c1n([C@@H]2O[C@H](COP(=O)([O-])OP(=O)([O-])OP(=O)([O-])OOc3ccc4ccccc4c3)C(O)[C@@H]2O)ccc2nc(-c3cccc(C(F)(F)F)c3)cn12. The van der Waals surface area contributed by atoms with Gasteiger partial charge in [-0.3, -0.25) is 22.7 Å². The zero-order valence-electron chi connectivity index (χ0n) is 25.6. The summed E-state index contributed by atoms with van der Waals surface area (Å²) in [5.74, 6) is -0.194. The van der Waals surface area contributed by atoms with Crippen molar-refractivity contribution in [2.24, 2.45) is 0 Å². The van der Waals surface area contributed by atoms with E-state index in [2.05, 4.69) is 27.7 Å². The van der Waals surface area contributed by atoms with Gasteiger partial charge in [0.25, 0.3) is 15.6 Å². The fourth-order valence-electron chi connectivity index (χ4n) is 5.05. The standard InChI is InChI=1S/C28H25F3N3O15P3/c29-28(30,31)19-7-3-6-18(12-19)21-14-34-23(32-21)10-11-33(27(34)37)26-25(36)24(35)22(45-26)15-44-50(38,39)48-52(42,43)49-51(40,41)47-46-20-9-8-16-4-1-2-5-17(16)13-20/h1-14,22,24-26,35-36H,15H2,(H,38,39)(H,40,41)(H,42,43)/p-3/t22-,24?,25+,26-/m1/s1. The van der Waals surface area contributed by atoms with Crippen LogP contribution in [0.4, 0.5) is 13.2 Å². The topological polar surface area (TPSA) is 256 Å². The van der Waals surface area contributed by atoms with Crippen LogP contribution < -0.4 is 25.3 Å². The average molecular weight is 790 g/mol. The molecule has 0 amide bonds. The van der Waals surface area contributed by atoms with E-state index in [1.165, 1.54) is 30.3 Å². The van der Waals surface area contributed by atoms with Gasteiger partial charge in [0.15, 0.2) is 12.0 Å². The first-order chi connectivity index (χ1) is 24.3. The summed E-state index contributed by atoms with van der Waals surface area (Å²) in [6, 6.07) is 16.4. The molecule has 1 saturated heterocycles. The van der Waals surface area contributed by atoms with Crippen LogP contribution in [0.2, 0.25) is 0 Å². The number of aliphatic hydroxyl groups excluding tert-OH is 2. The number of nitrogens with zero attached hydrogens (tertiary/aromatic N) is 3. The number of rotatable bonds is 12. The fraction of sp³-hybridized carbons (Fsp3) is 0.214. The third-order valence-electron chi connectivity index (χ3n) is 7.38. The highest BCUT2D eigenvalue weighted by Gasteiger charge is 2.45. The summed E-state index contributed by atoms with van der Waals surface area (Å²) in [7, 11) is -18.3. The predicted octanol–water partition coefficient (Wildman–Crippen LogP) is 2.42. The van der Waals surface area contributed by atoms with Gasteiger partial charge in [-0.25, -0.2) is 18.4 Å². The summed E-state index contributed by atoms with van der Waals surface area (Å²) in [5, 5.41) is 22.4.